The van der Waals surface area contributed by atoms with Gasteiger partial charge in [0.05, 0.1) is 25.2 Å². The number of hydrogen-bond donors (Lipinski definition) is 1. The van der Waals surface area contributed by atoms with Crippen LogP contribution in [0.4, 0.5) is 10.8 Å². The van der Waals surface area contributed by atoms with E-state index in [-0.39, 0.29) is 12.1 Å². The van der Waals surface area contributed by atoms with Crippen LogP contribution in [0, 0.1) is 0 Å². The number of nitrogens with zero attached hydrogens (tertiary/aromatic N) is 4. The first-order chi connectivity index (χ1) is 12.7. The lowest BCUT2D eigenvalue weighted by Crippen LogP contribution is -2.23. The Morgan fingerprint density at radius 3 is 2.73 bits per heavy atom. The number of rotatable bonds is 5. The van der Waals surface area contributed by atoms with Crippen LogP contribution in [0.25, 0.3) is 10.8 Å². The minimum absolute atomic E-state index is 0.136. The van der Waals surface area contributed by atoms with Gasteiger partial charge in [-0.2, -0.15) is 5.10 Å². The molecule has 0 amide bonds. The minimum atomic E-state index is -0.136. The lowest BCUT2D eigenvalue weighted by atomic mass is 10.2. The molecule has 0 bridgehead atoms. The molecule has 0 unspecified atom stereocenters. The quantitative estimate of drug-likeness (QED) is 0.585. The maximum atomic E-state index is 12.5. The van der Waals surface area contributed by atoms with Crippen molar-refractivity contribution in [2.24, 2.45) is 0 Å². The van der Waals surface area contributed by atoms with Crippen molar-refractivity contribution in [3.05, 3.63) is 70.1 Å². The van der Waals surface area contributed by atoms with Crippen LogP contribution in [-0.2, 0) is 6.54 Å². The number of anilines is 2. The fourth-order valence-corrected chi connectivity index (χ4v) is 3.28. The van der Waals surface area contributed by atoms with Gasteiger partial charge in [-0.3, -0.25) is 4.79 Å². The molecule has 0 saturated heterocycles. The van der Waals surface area contributed by atoms with Gasteiger partial charge in [0.25, 0.3) is 5.56 Å². The highest BCUT2D eigenvalue weighted by Crippen LogP contribution is 2.23. The molecule has 0 spiro atoms. The Kier molecular flexibility index (Phi) is 4.32. The maximum Gasteiger partial charge on any atom is 0.275 e. The first-order valence-corrected chi connectivity index (χ1v) is 8.73. The number of methoxy groups -OCH3 is 1. The summed E-state index contributed by atoms with van der Waals surface area (Å²) in [4.78, 5) is 12.5. The van der Waals surface area contributed by atoms with Crippen molar-refractivity contribution >= 4 is 32.9 Å². The molecule has 4 rings (SSSR count). The molecule has 0 aliphatic carbocycles. The van der Waals surface area contributed by atoms with E-state index in [2.05, 4.69) is 20.6 Å². The van der Waals surface area contributed by atoms with Crippen LogP contribution in [0.5, 0.6) is 5.75 Å². The lowest BCUT2D eigenvalue weighted by molar-refractivity contribution is 0.415. The summed E-state index contributed by atoms with van der Waals surface area (Å²) in [6, 6.07) is 14.9. The van der Waals surface area contributed by atoms with Gasteiger partial charge in [0, 0.05) is 11.1 Å². The highest BCUT2D eigenvalue weighted by molar-refractivity contribution is 7.15. The first kappa shape index (κ1) is 16.2. The zero-order valence-corrected chi connectivity index (χ0v) is 14.7. The summed E-state index contributed by atoms with van der Waals surface area (Å²) in [6.07, 6.45) is 1.69. The van der Waals surface area contributed by atoms with E-state index in [9.17, 15) is 4.79 Å². The first-order valence-electron chi connectivity index (χ1n) is 7.91. The second kappa shape index (κ2) is 6.93. The van der Waals surface area contributed by atoms with Gasteiger partial charge in [-0.25, -0.2) is 4.68 Å². The summed E-state index contributed by atoms with van der Waals surface area (Å²) in [5.74, 6) is 0.787. The second-order valence-corrected chi connectivity index (χ2v) is 6.61. The zero-order chi connectivity index (χ0) is 17.9. The molecule has 0 radical (unpaired) electrons. The predicted molar refractivity (Wildman–Crippen MR) is 101 cm³/mol. The third-order valence-corrected chi connectivity index (χ3v) is 4.68. The van der Waals surface area contributed by atoms with Crippen LogP contribution in [0.1, 0.15) is 5.01 Å². The Morgan fingerprint density at radius 1 is 1.12 bits per heavy atom. The summed E-state index contributed by atoms with van der Waals surface area (Å²) in [7, 11) is 1.63. The third-order valence-electron chi connectivity index (χ3n) is 3.85. The molecule has 8 heteroatoms. The molecular formula is C18H15N5O2S. The molecule has 130 valence electrons. The monoisotopic (exact) mass is 365 g/mol. The van der Waals surface area contributed by atoms with E-state index in [0.717, 1.165) is 16.8 Å². The summed E-state index contributed by atoms with van der Waals surface area (Å²) < 4.78 is 6.54. The molecule has 2 aromatic carbocycles. The summed E-state index contributed by atoms with van der Waals surface area (Å²) in [5.41, 5.74) is 0.748. The van der Waals surface area contributed by atoms with Crippen molar-refractivity contribution < 1.29 is 4.74 Å². The number of fused-ring (bicyclic) bond motifs is 1. The Balaban J connectivity index is 1.53. The van der Waals surface area contributed by atoms with Gasteiger partial charge in [0.1, 0.15) is 10.8 Å². The Labute approximate surface area is 152 Å². The lowest BCUT2D eigenvalue weighted by Gasteiger charge is -2.04. The smallest absolute Gasteiger partial charge is 0.275 e. The number of aromatic nitrogens is 4. The molecule has 2 aromatic heterocycles. The van der Waals surface area contributed by atoms with Crippen LogP contribution in [0.2, 0.25) is 0 Å². The van der Waals surface area contributed by atoms with Crippen LogP contribution < -0.4 is 15.6 Å². The Hall–Kier alpha value is -3.26. The minimum Gasteiger partial charge on any atom is -0.497 e. The van der Waals surface area contributed by atoms with Gasteiger partial charge in [-0.1, -0.05) is 29.5 Å². The van der Waals surface area contributed by atoms with E-state index in [1.807, 2.05) is 42.5 Å². The van der Waals surface area contributed by atoms with E-state index >= 15 is 0 Å². The highest BCUT2D eigenvalue weighted by atomic mass is 32.1. The Morgan fingerprint density at radius 2 is 1.92 bits per heavy atom. The van der Waals surface area contributed by atoms with E-state index < -0.39 is 0 Å². The Bertz CT molecular complexity index is 1100. The summed E-state index contributed by atoms with van der Waals surface area (Å²) in [6.45, 7) is 0.283. The molecule has 0 aliphatic heterocycles. The average Bonchev–Trinajstić information content (AvgIpc) is 3.12. The highest BCUT2D eigenvalue weighted by Gasteiger charge is 2.09. The van der Waals surface area contributed by atoms with Crippen LogP contribution in [0.15, 0.2) is 59.5 Å². The number of benzene rings is 2. The van der Waals surface area contributed by atoms with Crippen molar-refractivity contribution in [1.29, 1.82) is 0 Å². The van der Waals surface area contributed by atoms with Crippen LogP contribution >= 0.6 is 11.3 Å². The fourth-order valence-electron chi connectivity index (χ4n) is 2.53. The third kappa shape index (κ3) is 3.27. The van der Waals surface area contributed by atoms with E-state index in [4.69, 9.17) is 4.74 Å². The maximum absolute atomic E-state index is 12.5. The van der Waals surface area contributed by atoms with E-state index in [1.165, 1.54) is 16.0 Å². The van der Waals surface area contributed by atoms with Crippen LogP contribution in [0.3, 0.4) is 0 Å². The van der Waals surface area contributed by atoms with Gasteiger partial charge in [0.15, 0.2) is 0 Å². The van der Waals surface area contributed by atoms with E-state index in [1.54, 1.807) is 19.4 Å². The number of ether oxygens (including phenoxy) is 1. The molecule has 0 saturated carbocycles. The van der Waals surface area contributed by atoms with Crippen molar-refractivity contribution in [1.82, 2.24) is 20.0 Å². The zero-order valence-electron chi connectivity index (χ0n) is 13.9. The summed E-state index contributed by atoms with van der Waals surface area (Å²) >= 11 is 1.38. The molecule has 26 heavy (non-hydrogen) atoms. The molecule has 0 atom stereocenters. The van der Waals surface area contributed by atoms with Gasteiger partial charge in [-0.15, -0.1) is 10.2 Å². The molecule has 0 fully saturated rings. The number of nitrogens with one attached hydrogen (secondary N) is 1. The predicted octanol–water partition coefficient (Wildman–Crippen LogP) is 3.05. The normalized spacial score (nSPS) is 10.8. The second-order valence-electron chi connectivity index (χ2n) is 5.55. The van der Waals surface area contributed by atoms with Crippen LogP contribution in [-0.4, -0.2) is 27.1 Å². The standard InChI is InChI=1S/C18H15N5O2S/c1-25-14-8-6-13(7-9-14)20-18-22-21-16(26-18)11-23-17(24)15-5-3-2-4-12(15)10-19-23/h2-10H,11H2,1H3,(H,20,22). The van der Waals surface area contributed by atoms with Gasteiger partial charge in [0.2, 0.25) is 5.13 Å². The van der Waals surface area contributed by atoms with Crippen molar-refractivity contribution in [3.8, 4) is 5.75 Å². The van der Waals surface area contributed by atoms with Crippen molar-refractivity contribution in [3.63, 3.8) is 0 Å². The molecule has 2 heterocycles. The summed E-state index contributed by atoms with van der Waals surface area (Å²) in [5, 5.41) is 18.5. The molecule has 4 aromatic rings. The average molecular weight is 365 g/mol. The van der Waals surface area contributed by atoms with Crippen molar-refractivity contribution in [2.75, 3.05) is 12.4 Å². The molecule has 1 N–H and O–H groups in total. The fraction of sp³-hybridized carbons (Fsp3) is 0.111. The largest absolute Gasteiger partial charge is 0.497 e. The van der Waals surface area contributed by atoms with Gasteiger partial charge >= 0.3 is 0 Å². The van der Waals surface area contributed by atoms with E-state index in [0.29, 0.717) is 15.5 Å². The SMILES string of the molecule is COc1ccc(Nc2nnc(Cn3ncc4ccccc4c3=O)s2)cc1. The van der Waals surface area contributed by atoms with Crippen molar-refractivity contribution in [2.45, 2.75) is 6.54 Å². The molecular weight excluding hydrogens is 350 g/mol. The topological polar surface area (TPSA) is 81.9 Å². The molecule has 7 nitrogen and oxygen atoms in total. The van der Waals surface area contributed by atoms with Gasteiger partial charge < -0.3 is 10.1 Å². The molecule has 0 aliphatic rings. The number of hydrogen-bond acceptors (Lipinski definition) is 7. The van der Waals surface area contributed by atoms with Gasteiger partial charge in [-0.05, 0) is 30.3 Å².